The molecule has 1 aromatic heterocycles. The second-order valence-corrected chi connectivity index (χ2v) is 6.89. The van der Waals surface area contributed by atoms with Crippen molar-refractivity contribution in [2.24, 2.45) is 0 Å². The highest BCUT2D eigenvalue weighted by atomic mass is 32.1. The van der Waals surface area contributed by atoms with Gasteiger partial charge in [0, 0.05) is 22.6 Å². The fourth-order valence-electron chi connectivity index (χ4n) is 2.39. The first kappa shape index (κ1) is 19.7. The molecule has 0 aliphatic heterocycles. The van der Waals surface area contributed by atoms with E-state index in [0.717, 1.165) is 51.4 Å². The second kappa shape index (κ2) is 12.1. The smallest absolute Gasteiger partial charge is 0.305 e. The van der Waals surface area contributed by atoms with Crippen LogP contribution in [0.1, 0.15) is 61.1 Å². The van der Waals surface area contributed by atoms with E-state index in [1.807, 2.05) is 11.3 Å². The Labute approximate surface area is 143 Å². The Morgan fingerprint density at radius 2 is 1.22 bits per heavy atom. The lowest BCUT2D eigenvalue weighted by molar-refractivity contribution is -0.141. The highest BCUT2D eigenvalue weighted by Crippen LogP contribution is 2.21. The van der Waals surface area contributed by atoms with Crippen molar-refractivity contribution in [3.63, 3.8) is 0 Å². The van der Waals surface area contributed by atoms with Crippen molar-refractivity contribution in [2.45, 2.75) is 64.2 Å². The number of hydrogen-bond acceptors (Lipinski definition) is 5. The molecule has 0 atom stereocenters. The molecule has 0 saturated heterocycles. The van der Waals surface area contributed by atoms with Gasteiger partial charge in [-0.05, 0) is 50.7 Å². The van der Waals surface area contributed by atoms with E-state index in [1.165, 1.54) is 24.0 Å². The topological polar surface area (TPSA) is 52.6 Å². The Hall–Kier alpha value is -1.36. The van der Waals surface area contributed by atoms with Crippen LogP contribution in [0.3, 0.4) is 0 Å². The van der Waals surface area contributed by atoms with Gasteiger partial charge in [0.15, 0.2) is 0 Å². The summed E-state index contributed by atoms with van der Waals surface area (Å²) in [5, 5.41) is 0. The number of carbonyl (C=O) groups is 2. The summed E-state index contributed by atoms with van der Waals surface area (Å²) in [5.41, 5.74) is 0. The molecule has 0 aliphatic carbocycles. The fraction of sp³-hybridized carbons (Fsp3) is 0.667. The molecule has 0 fully saturated rings. The van der Waals surface area contributed by atoms with Crippen molar-refractivity contribution in [3.05, 3.63) is 21.9 Å². The highest BCUT2D eigenvalue weighted by molar-refractivity contribution is 7.11. The van der Waals surface area contributed by atoms with Crippen LogP contribution in [0.25, 0.3) is 0 Å². The van der Waals surface area contributed by atoms with E-state index < -0.39 is 0 Å². The molecule has 5 heteroatoms. The molecule has 1 aromatic rings. The maximum atomic E-state index is 11.0. The van der Waals surface area contributed by atoms with Crippen LogP contribution < -0.4 is 0 Å². The normalized spacial score (nSPS) is 10.5. The summed E-state index contributed by atoms with van der Waals surface area (Å²) in [6.45, 7) is 0. The average Bonchev–Trinajstić information content (AvgIpc) is 3.01. The lowest BCUT2D eigenvalue weighted by atomic mass is 10.1. The standard InChI is InChI=1S/C18H28O4S/c1-21-17(19)11-7-3-5-9-15-13-14-16(23-15)10-6-4-8-12-18(20)22-2/h13-14H,3-12H2,1-2H3. The van der Waals surface area contributed by atoms with Gasteiger partial charge in [0.2, 0.25) is 0 Å². The third-order valence-electron chi connectivity index (χ3n) is 3.78. The third-order valence-corrected chi connectivity index (χ3v) is 4.99. The summed E-state index contributed by atoms with van der Waals surface area (Å²) < 4.78 is 9.26. The number of esters is 2. The van der Waals surface area contributed by atoms with E-state index in [9.17, 15) is 9.59 Å². The van der Waals surface area contributed by atoms with Crippen LogP contribution in [0.2, 0.25) is 0 Å². The van der Waals surface area contributed by atoms with Crippen LogP contribution in [0.15, 0.2) is 12.1 Å². The Balaban J connectivity index is 2.07. The maximum absolute atomic E-state index is 11.0. The van der Waals surface area contributed by atoms with E-state index in [4.69, 9.17) is 0 Å². The van der Waals surface area contributed by atoms with Gasteiger partial charge >= 0.3 is 11.9 Å². The van der Waals surface area contributed by atoms with Gasteiger partial charge in [0.1, 0.15) is 0 Å². The second-order valence-electron chi connectivity index (χ2n) is 5.64. The lowest BCUT2D eigenvalue weighted by Crippen LogP contribution is -1.99. The summed E-state index contributed by atoms with van der Waals surface area (Å²) >= 11 is 1.89. The number of rotatable bonds is 12. The van der Waals surface area contributed by atoms with Crippen molar-refractivity contribution in [1.29, 1.82) is 0 Å². The van der Waals surface area contributed by atoms with Gasteiger partial charge in [-0.3, -0.25) is 9.59 Å². The number of thiophene rings is 1. The van der Waals surface area contributed by atoms with E-state index in [2.05, 4.69) is 21.6 Å². The van der Waals surface area contributed by atoms with Crippen molar-refractivity contribution in [1.82, 2.24) is 0 Å². The molecule has 0 bridgehead atoms. The Kier molecular flexibility index (Phi) is 10.4. The van der Waals surface area contributed by atoms with Gasteiger partial charge in [-0.1, -0.05) is 12.8 Å². The molecule has 23 heavy (non-hydrogen) atoms. The number of methoxy groups -OCH3 is 2. The third kappa shape index (κ3) is 9.39. The molecule has 0 unspecified atom stereocenters. The van der Waals surface area contributed by atoms with E-state index >= 15 is 0 Å². The minimum Gasteiger partial charge on any atom is -0.469 e. The van der Waals surface area contributed by atoms with Crippen LogP contribution in [0.5, 0.6) is 0 Å². The molecule has 0 saturated carbocycles. The molecular formula is C18H28O4S. The minimum absolute atomic E-state index is 0.115. The predicted molar refractivity (Wildman–Crippen MR) is 92.7 cm³/mol. The molecular weight excluding hydrogens is 312 g/mol. The number of unbranched alkanes of at least 4 members (excludes halogenated alkanes) is 4. The monoisotopic (exact) mass is 340 g/mol. The van der Waals surface area contributed by atoms with Gasteiger partial charge in [0.05, 0.1) is 14.2 Å². The summed E-state index contributed by atoms with van der Waals surface area (Å²) in [7, 11) is 2.87. The van der Waals surface area contributed by atoms with Gasteiger partial charge in [-0.25, -0.2) is 0 Å². The fourth-order valence-corrected chi connectivity index (χ4v) is 3.49. The van der Waals surface area contributed by atoms with Gasteiger partial charge in [-0.15, -0.1) is 11.3 Å². The highest BCUT2D eigenvalue weighted by Gasteiger charge is 2.03. The molecule has 0 aromatic carbocycles. The Morgan fingerprint density at radius 1 is 0.783 bits per heavy atom. The van der Waals surface area contributed by atoms with Crippen LogP contribution in [-0.4, -0.2) is 26.2 Å². The molecule has 0 amide bonds. The first-order chi connectivity index (χ1) is 11.2. The quantitative estimate of drug-likeness (QED) is 0.420. The molecule has 0 N–H and O–H groups in total. The van der Waals surface area contributed by atoms with Crippen LogP contribution in [0.4, 0.5) is 0 Å². The van der Waals surface area contributed by atoms with Crippen molar-refractivity contribution < 1.29 is 19.1 Å². The van der Waals surface area contributed by atoms with Gasteiger partial charge in [0.25, 0.3) is 0 Å². The van der Waals surface area contributed by atoms with Crippen LogP contribution in [-0.2, 0) is 31.9 Å². The largest absolute Gasteiger partial charge is 0.469 e. The molecule has 4 nitrogen and oxygen atoms in total. The zero-order valence-electron chi connectivity index (χ0n) is 14.3. The molecule has 0 spiro atoms. The summed E-state index contributed by atoms with van der Waals surface area (Å²) in [6.07, 6.45) is 9.42. The molecule has 0 aliphatic rings. The van der Waals surface area contributed by atoms with Crippen LogP contribution in [0, 0.1) is 0 Å². The van der Waals surface area contributed by atoms with E-state index in [-0.39, 0.29) is 11.9 Å². The SMILES string of the molecule is COC(=O)CCCCCc1ccc(CCCCCC(=O)OC)s1. The van der Waals surface area contributed by atoms with E-state index in [1.54, 1.807) is 0 Å². The maximum Gasteiger partial charge on any atom is 0.305 e. The van der Waals surface area contributed by atoms with Crippen molar-refractivity contribution >= 4 is 23.3 Å². The zero-order valence-corrected chi connectivity index (χ0v) is 15.1. The summed E-state index contributed by atoms with van der Waals surface area (Å²) in [5.74, 6) is -0.230. The first-order valence-electron chi connectivity index (χ1n) is 8.37. The lowest BCUT2D eigenvalue weighted by Gasteiger charge is -2.00. The van der Waals surface area contributed by atoms with Crippen molar-refractivity contribution in [2.75, 3.05) is 14.2 Å². The van der Waals surface area contributed by atoms with E-state index in [0.29, 0.717) is 12.8 Å². The molecule has 0 radical (unpaired) electrons. The first-order valence-corrected chi connectivity index (χ1v) is 9.18. The van der Waals surface area contributed by atoms with Gasteiger partial charge < -0.3 is 9.47 Å². The molecule has 1 rings (SSSR count). The number of ether oxygens (including phenoxy) is 2. The predicted octanol–water partition coefficient (Wildman–Crippen LogP) is 4.30. The average molecular weight is 340 g/mol. The summed E-state index contributed by atoms with van der Waals surface area (Å²) in [4.78, 5) is 24.9. The Bertz CT molecular complexity index is 427. The van der Waals surface area contributed by atoms with Crippen LogP contribution >= 0.6 is 11.3 Å². The molecule has 130 valence electrons. The Morgan fingerprint density at radius 3 is 1.61 bits per heavy atom. The number of aryl methyl sites for hydroxylation is 2. The van der Waals surface area contributed by atoms with Gasteiger partial charge in [-0.2, -0.15) is 0 Å². The molecule has 1 heterocycles. The number of hydrogen-bond donors (Lipinski definition) is 0. The number of carbonyl (C=O) groups excluding carboxylic acids is 2. The van der Waals surface area contributed by atoms with Crippen molar-refractivity contribution in [3.8, 4) is 0 Å². The minimum atomic E-state index is -0.115. The zero-order chi connectivity index (χ0) is 16.9. The summed E-state index contributed by atoms with van der Waals surface area (Å²) in [6, 6.07) is 4.43.